The van der Waals surface area contributed by atoms with Crippen LogP contribution in [-0.2, 0) is 8.23 Å². The van der Waals surface area contributed by atoms with Crippen LogP contribution in [0.25, 0.3) is 0 Å². The van der Waals surface area contributed by atoms with Crippen LogP contribution >= 0.6 is 7.92 Å². The van der Waals surface area contributed by atoms with E-state index in [0.29, 0.717) is 0 Å². The molecule has 0 aliphatic carbocycles. The summed E-state index contributed by atoms with van der Waals surface area (Å²) in [6, 6.07) is 3.11. The Kier molecular flexibility index (Phi) is 7.14. The van der Waals surface area contributed by atoms with Gasteiger partial charge in [-0.15, -0.1) is 7.92 Å². The molecule has 0 aromatic heterocycles. The molecular formula is C9H27O8PSi4. The molecule has 2 bridgehead atoms. The molecule has 3 aliphatic heterocycles. The van der Waals surface area contributed by atoms with Crippen molar-refractivity contribution in [3.8, 4) is 0 Å². The highest BCUT2D eigenvalue weighted by Gasteiger charge is 2.50. The molecule has 3 aliphatic rings. The van der Waals surface area contributed by atoms with Crippen molar-refractivity contribution in [2.45, 2.75) is 37.8 Å². The van der Waals surface area contributed by atoms with Crippen molar-refractivity contribution in [2.24, 2.45) is 0 Å². The van der Waals surface area contributed by atoms with E-state index in [1.165, 1.54) is 18.5 Å². The average Bonchev–Trinajstić information content (AvgIpc) is 2.23. The first-order chi connectivity index (χ1) is 9.70. The zero-order valence-corrected chi connectivity index (χ0v) is 18.1. The lowest BCUT2D eigenvalue weighted by Gasteiger charge is -2.45. The minimum Gasteiger partial charge on any atom is -0.395 e. The number of hydrogen-bond acceptors (Lipinski definition) is 8. The van der Waals surface area contributed by atoms with Gasteiger partial charge >= 0.3 is 18.1 Å². The summed E-state index contributed by atoms with van der Waals surface area (Å²) < 4.78 is 9.78. The maximum Gasteiger partial charge on any atom is 0.660 e. The molecule has 0 amide bonds. The second kappa shape index (κ2) is 7.47. The van der Waals surface area contributed by atoms with Crippen LogP contribution in [0.4, 0.5) is 0 Å². The molecule has 0 aromatic rings. The fourth-order valence-electron chi connectivity index (χ4n) is 2.65. The van der Waals surface area contributed by atoms with Gasteiger partial charge in [0.1, 0.15) is 0 Å². The van der Waals surface area contributed by atoms with Crippen LogP contribution in [0, 0.1) is 0 Å². The van der Waals surface area contributed by atoms with Gasteiger partial charge in [0.2, 0.25) is 0 Å². The van der Waals surface area contributed by atoms with Gasteiger partial charge in [-0.3, -0.25) is 0 Å². The molecule has 0 spiro atoms. The summed E-state index contributed by atoms with van der Waals surface area (Å²) in [5, 5.41) is 0. The number of fused-ring (bicyclic) bond motifs is 3. The highest BCUT2D eigenvalue weighted by atomic mass is 31.1. The van der Waals surface area contributed by atoms with Gasteiger partial charge in [-0.2, -0.15) is 0 Å². The van der Waals surface area contributed by atoms with Gasteiger partial charge in [-0.1, -0.05) is 0 Å². The molecule has 3 saturated heterocycles. The van der Waals surface area contributed by atoms with Gasteiger partial charge in [0, 0.05) is 0 Å². The summed E-state index contributed by atoms with van der Waals surface area (Å²) in [7, 11) is -12.1. The van der Waals surface area contributed by atoms with Gasteiger partial charge in [-0.25, -0.2) is 0 Å². The maximum atomic E-state index is 8.95. The Balaban J connectivity index is 0.000000239. The van der Waals surface area contributed by atoms with Crippen molar-refractivity contribution in [2.75, 3.05) is 18.5 Å². The summed E-state index contributed by atoms with van der Waals surface area (Å²) >= 11 is 0. The van der Waals surface area contributed by atoms with Crippen molar-refractivity contribution >= 4 is 42.7 Å². The van der Waals surface area contributed by atoms with E-state index in [1.807, 2.05) is 0 Å². The Morgan fingerprint density at radius 2 is 1.18 bits per heavy atom. The summed E-state index contributed by atoms with van der Waals surface area (Å²) in [6.45, 7) is 5.28. The average molecular weight is 407 g/mol. The molecule has 132 valence electrons. The Bertz CT molecular complexity index is 332. The second-order valence-corrected chi connectivity index (χ2v) is 21.4. The minimum atomic E-state index is -4.24. The molecule has 0 unspecified atom stereocenters. The molecular weight excluding hydrogens is 379 g/mol. The Hall–Kier alpha value is 0.978. The van der Waals surface area contributed by atoms with Gasteiger partial charge in [0.25, 0.3) is 0 Å². The predicted molar refractivity (Wildman–Crippen MR) is 92.0 cm³/mol. The van der Waals surface area contributed by atoms with Crippen molar-refractivity contribution in [3.05, 3.63) is 0 Å². The molecule has 0 radical (unpaired) electrons. The maximum absolute atomic E-state index is 8.95. The minimum absolute atomic E-state index is 0.248. The summed E-state index contributed by atoms with van der Waals surface area (Å²) in [5.41, 5.74) is 0. The van der Waals surface area contributed by atoms with Crippen LogP contribution < -0.4 is 0 Å². The highest BCUT2D eigenvalue weighted by molar-refractivity contribution is 7.59. The molecule has 0 aromatic carbocycles. The SMILES string of the molecule is C[Si](C)(C)O[Si](O)(O)O.O[Si](O)(O)O[Si]12CCP(CC1)CC2. The predicted octanol–water partition coefficient (Wildman–Crippen LogP) is -0.880. The molecule has 3 fully saturated rings. The fourth-order valence-corrected chi connectivity index (χ4v) is 19.6. The normalized spacial score (nSPS) is 29.0. The first-order valence-corrected chi connectivity index (χ1v) is 18.5. The van der Waals surface area contributed by atoms with E-state index in [0.717, 1.165) is 18.1 Å². The first kappa shape index (κ1) is 21.0. The molecule has 0 atom stereocenters. The van der Waals surface area contributed by atoms with Crippen molar-refractivity contribution in [1.29, 1.82) is 0 Å². The lowest BCUT2D eigenvalue weighted by Crippen LogP contribution is -2.56. The third-order valence-electron chi connectivity index (χ3n) is 3.45. The van der Waals surface area contributed by atoms with Crippen LogP contribution in [0.2, 0.25) is 37.8 Å². The van der Waals surface area contributed by atoms with E-state index >= 15 is 0 Å². The molecule has 0 saturated carbocycles. The molecule has 8 nitrogen and oxygen atoms in total. The molecule has 13 heteroatoms. The van der Waals surface area contributed by atoms with Crippen LogP contribution in [0.1, 0.15) is 0 Å². The zero-order chi connectivity index (χ0) is 17.2. The summed E-state index contributed by atoms with van der Waals surface area (Å²) in [5.74, 6) is 0. The van der Waals surface area contributed by atoms with E-state index in [9.17, 15) is 0 Å². The monoisotopic (exact) mass is 406 g/mol. The van der Waals surface area contributed by atoms with E-state index < -0.39 is 34.7 Å². The van der Waals surface area contributed by atoms with Crippen LogP contribution in [-0.4, -0.2) is 82.0 Å². The number of hydrogen-bond donors (Lipinski definition) is 6. The van der Waals surface area contributed by atoms with Gasteiger partial charge in [0.15, 0.2) is 16.6 Å². The van der Waals surface area contributed by atoms with Crippen LogP contribution in [0.5, 0.6) is 0 Å². The Morgan fingerprint density at radius 3 is 1.41 bits per heavy atom. The third kappa shape index (κ3) is 8.72. The fraction of sp³-hybridized carbons (Fsp3) is 1.00. The Labute approximate surface area is 136 Å². The molecule has 3 heterocycles. The van der Waals surface area contributed by atoms with Crippen molar-refractivity contribution < 1.29 is 37.0 Å². The topological polar surface area (TPSA) is 140 Å². The summed E-state index contributed by atoms with van der Waals surface area (Å²) in [4.78, 5) is 52.1. The quantitative estimate of drug-likeness (QED) is 0.261. The van der Waals surface area contributed by atoms with Crippen molar-refractivity contribution in [3.63, 3.8) is 0 Å². The van der Waals surface area contributed by atoms with Gasteiger partial charge in [0.05, 0.1) is 0 Å². The molecule has 6 N–H and O–H groups in total. The number of rotatable bonds is 4. The standard InChI is InChI=1S/C6H15O4PSi2.C3H12O4Si2/c7-13(8,9)10-12-4-1-11(2-5-12)3-6-12;1-8(2,3)7-9(4,5)6/h7-9H,1-6H2;4-6H,1-3H3. The van der Waals surface area contributed by atoms with E-state index in [-0.39, 0.29) is 7.92 Å². The largest absolute Gasteiger partial charge is 0.660 e. The molecule has 3 rings (SSSR count). The van der Waals surface area contributed by atoms with Crippen LogP contribution in [0.3, 0.4) is 0 Å². The van der Waals surface area contributed by atoms with Gasteiger partial charge in [-0.05, 0) is 56.3 Å². The first-order valence-electron chi connectivity index (χ1n) is 7.17. The smallest absolute Gasteiger partial charge is 0.395 e. The lowest BCUT2D eigenvalue weighted by molar-refractivity contribution is 0.121. The van der Waals surface area contributed by atoms with Crippen LogP contribution in [0.15, 0.2) is 0 Å². The van der Waals surface area contributed by atoms with E-state index in [2.05, 4.69) is 4.12 Å². The third-order valence-corrected chi connectivity index (χ3v) is 17.1. The zero-order valence-electron chi connectivity index (χ0n) is 13.2. The van der Waals surface area contributed by atoms with E-state index in [4.69, 9.17) is 32.9 Å². The van der Waals surface area contributed by atoms with Gasteiger partial charge < -0.3 is 37.0 Å². The van der Waals surface area contributed by atoms with E-state index in [1.54, 1.807) is 19.6 Å². The highest BCUT2D eigenvalue weighted by Crippen LogP contribution is 2.53. The lowest BCUT2D eigenvalue weighted by atomic mass is 10.8. The molecule has 22 heavy (non-hydrogen) atoms. The second-order valence-electron chi connectivity index (χ2n) is 6.74. The Morgan fingerprint density at radius 1 is 0.773 bits per heavy atom. The summed E-state index contributed by atoms with van der Waals surface area (Å²) in [6.07, 6.45) is 3.68. The van der Waals surface area contributed by atoms with Crippen molar-refractivity contribution in [1.82, 2.24) is 0 Å².